The van der Waals surface area contributed by atoms with Crippen LogP contribution in [-0.4, -0.2) is 17.7 Å². The normalized spacial score (nSPS) is 27.1. The van der Waals surface area contributed by atoms with Crippen LogP contribution in [0.15, 0.2) is 30.5 Å². The van der Waals surface area contributed by atoms with E-state index >= 15 is 0 Å². The Morgan fingerprint density at radius 1 is 1.31 bits per heavy atom. The maximum absolute atomic E-state index is 11.2. The van der Waals surface area contributed by atoms with Gasteiger partial charge in [0.05, 0.1) is 6.04 Å². The summed E-state index contributed by atoms with van der Waals surface area (Å²) >= 11 is 0. The Kier molecular flexibility index (Phi) is 2.28. The number of benzene rings is 1. The molecular formula is C14H15NO. The number of carbonyl (C=O) groups excluding carboxylic acids is 1. The van der Waals surface area contributed by atoms with Crippen LogP contribution in [0.2, 0.25) is 0 Å². The number of piperidine rings is 1. The van der Waals surface area contributed by atoms with E-state index in [0.717, 1.165) is 25.7 Å². The van der Waals surface area contributed by atoms with E-state index in [9.17, 15) is 4.79 Å². The van der Waals surface area contributed by atoms with Gasteiger partial charge in [-0.25, -0.2) is 0 Å². The van der Waals surface area contributed by atoms with Gasteiger partial charge in [-0.2, -0.15) is 0 Å². The smallest absolute Gasteiger partial charge is 0.125 e. The Morgan fingerprint density at radius 2 is 2.19 bits per heavy atom. The summed E-state index contributed by atoms with van der Waals surface area (Å²) in [6.07, 6.45) is 7.56. The van der Waals surface area contributed by atoms with Gasteiger partial charge >= 0.3 is 0 Å². The van der Waals surface area contributed by atoms with Crippen molar-refractivity contribution in [2.45, 2.75) is 18.9 Å². The number of rotatable bonds is 1. The second-order valence-corrected chi connectivity index (χ2v) is 4.57. The van der Waals surface area contributed by atoms with Gasteiger partial charge in [0, 0.05) is 18.7 Å². The van der Waals surface area contributed by atoms with E-state index in [-0.39, 0.29) is 12.0 Å². The summed E-state index contributed by atoms with van der Waals surface area (Å²) in [7, 11) is 0. The van der Waals surface area contributed by atoms with Crippen LogP contribution >= 0.6 is 0 Å². The summed E-state index contributed by atoms with van der Waals surface area (Å²) in [5, 5.41) is 0. The van der Waals surface area contributed by atoms with E-state index in [2.05, 4.69) is 41.4 Å². The first-order valence-corrected chi connectivity index (χ1v) is 5.88. The zero-order valence-electron chi connectivity index (χ0n) is 9.17. The zero-order valence-corrected chi connectivity index (χ0v) is 9.17. The number of fused-ring (bicyclic) bond motifs is 3. The van der Waals surface area contributed by atoms with Crippen molar-refractivity contribution in [3.63, 3.8) is 0 Å². The number of hydrogen-bond donors (Lipinski definition) is 0. The minimum Gasteiger partial charge on any atom is -0.370 e. The van der Waals surface area contributed by atoms with Crippen molar-refractivity contribution in [3.05, 3.63) is 41.6 Å². The van der Waals surface area contributed by atoms with Crippen molar-refractivity contribution in [1.82, 2.24) is 4.90 Å². The van der Waals surface area contributed by atoms with Gasteiger partial charge in [0.15, 0.2) is 0 Å². The molecule has 2 aliphatic heterocycles. The van der Waals surface area contributed by atoms with Crippen molar-refractivity contribution in [3.8, 4) is 0 Å². The third-order valence-corrected chi connectivity index (χ3v) is 3.65. The SMILES string of the molecule is O=C[C@H]1CCCN2C=Cc3ccccc3[C@H]12. The highest BCUT2D eigenvalue weighted by molar-refractivity contribution is 5.62. The van der Waals surface area contributed by atoms with Crippen LogP contribution in [-0.2, 0) is 4.79 Å². The second-order valence-electron chi connectivity index (χ2n) is 4.57. The van der Waals surface area contributed by atoms with E-state index in [1.54, 1.807) is 0 Å². The van der Waals surface area contributed by atoms with Crippen molar-refractivity contribution >= 4 is 12.4 Å². The third-order valence-electron chi connectivity index (χ3n) is 3.65. The molecule has 16 heavy (non-hydrogen) atoms. The highest BCUT2D eigenvalue weighted by Crippen LogP contribution is 2.39. The van der Waals surface area contributed by atoms with Gasteiger partial charge in [-0.1, -0.05) is 24.3 Å². The highest BCUT2D eigenvalue weighted by Gasteiger charge is 2.33. The quantitative estimate of drug-likeness (QED) is 0.668. The van der Waals surface area contributed by atoms with Gasteiger partial charge in [-0.05, 0) is 30.0 Å². The second kappa shape index (κ2) is 3.78. The Hall–Kier alpha value is -1.57. The lowest BCUT2D eigenvalue weighted by Gasteiger charge is -2.41. The fourth-order valence-electron chi connectivity index (χ4n) is 2.88. The average molecular weight is 213 g/mol. The molecule has 3 rings (SSSR count). The molecule has 2 atom stereocenters. The first-order chi connectivity index (χ1) is 7.90. The summed E-state index contributed by atoms with van der Waals surface area (Å²) in [5.74, 6) is 0.153. The van der Waals surface area contributed by atoms with Gasteiger partial charge < -0.3 is 9.69 Å². The molecule has 2 heterocycles. The van der Waals surface area contributed by atoms with Crippen molar-refractivity contribution in [2.75, 3.05) is 6.54 Å². The fraction of sp³-hybridized carbons (Fsp3) is 0.357. The van der Waals surface area contributed by atoms with Gasteiger partial charge in [0.25, 0.3) is 0 Å². The summed E-state index contributed by atoms with van der Waals surface area (Å²) in [5.41, 5.74) is 2.57. The lowest BCUT2D eigenvalue weighted by molar-refractivity contribution is -0.114. The van der Waals surface area contributed by atoms with Crippen LogP contribution in [0.4, 0.5) is 0 Å². The van der Waals surface area contributed by atoms with E-state index in [0.29, 0.717) is 0 Å². The Morgan fingerprint density at radius 3 is 3.06 bits per heavy atom. The van der Waals surface area contributed by atoms with Crippen LogP contribution in [0.3, 0.4) is 0 Å². The molecule has 0 aromatic heterocycles. The lowest BCUT2D eigenvalue weighted by Crippen LogP contribution is -2.37. The molecule has 2 aliphatic rings. The highest BCUT2D eigenvalue weighted by atomic mass is 16.1. The van der Waals surface area contributed by atoms with Crippen LogP contribution in [0.1, 0.15) is 30.0 Å². The molecule has 0 radical (unpaired) electrons. The Bertz CT molecular complexity index is 438. The third kappa shape index (κ3) is 1.37. The predicted molar refractivity (Wildman–Crippen MR) is 63.7 cm³/mol. The maximum atomic E-state index is 11.2. The number of carbonyl (C=O) groups is 1. The van der Waals surface area contributed by atoms with Gasteiger partial charge in [-0.3, -0.25) is 0 Å². The summed E-state index contributed by atoms with van der Waals surface area (Å²) in [6.45, 7) is 1.07. The molecule has 0 unspecified atom stereocenters. The summed E-state index contributed by atoms with van der Waals surface area (Å²) in [4.78, 5) is 13.5. The molecular weight excluding hydrogens is 198 g/mol. The molecule has 0 amide bonds. The average Bonchev–Trinajstić information content (AvgIpc) is 2.37. The van der Waals surface area contributed by atoms with Crippen LogP contribution < -0.4 is 0 Å². The van der Waals surface area contributed by atoms with Crippen LogP contribution in [0.5, 0.6) is 0 Å². The van der Waals surface area contributed by atoms with Crippen LogP contribution in [0.25, 0.3) is 6.08 Å². The van der Waals surface area contributed by atoms with Gasteiger partial charge in [-0.15, -0.1) is 0 Å². The Labute approximate surface area is 95.6 Å². The number of hydrogen-bond acceptors (Lipinski definition) is 2. The standard InChI is InChI=1S/C14H15NO/c16-10-12-5-3-8-15-9-7-11-4-1-2-6-13(11)14(12)15/h1-2,4,6-7,9-10,12,14H,3,5,8H2/t12-,14+/m1/s1. The molecule has 0 N–H and O–H groups in total. The molecule has 2 heteroatoms. The van der Waals surface area contributed by atoms with Gasteiger partial charge in [0.2, 0.25) is 0 Å². The van der Waals surface area contributed by atoms with E-state index in [4.69, 9.17) is 0 Å². The van der Waals surface area contributed by atoms with Crippen LogP contribution in [0, 0.1) is 5.92 Å². The number of nitrogens with zero attached hydrogens (tertiary/aromatic N) is 1. The molecule has 82 valence electrons. The maximum Gasteiger partial charge on any atom is 0.125 e. The molecule has 1 aromatic carbocycles. The molecule has 2 nitrogen and oxygen atoms in total. The van der Waals surface area contributed by atoms with E-state index in [1.807, 2.05) is 0 Å². The summed E-state index contributed by atoms with van der Waals surface area (Å²) < 4.78 is 0. The Balaban J connectivity index is 2.07. The van der Waals surface area contributed by atoms with Gasteiger partial charge in [0.1, 0.15) is 6.29 Å². The molecule has 0 spiro atoms. The fourth-order valence-corrected chi connectivity index (χ4v) is 2.88. The molecule has 0 aliphatic carbocycles. The zero-order chi connectivity index (χ0) is 11.0. The largest absolute Gasteiger partial charge is 0.370 e. The van der Waals surface area contributed by atoms with E-state index < -0.39 is 0 Å². The van der Waals surface area contributed by atoms with Crippen molar-refractivity contribution in [1.29, 1.82) is 0 Å². The monoisotopic (exact) mass is 213 g/mol. The lowest BCUT2D eigenvalue weighted by atomic mass is 9.82. The minimum atomic E-state index is 0.153. The first kappa shape index (κ1) is 9.64. The topological polar surface area (TPSA) is 20.3 Å². The van der Waals surface area contributed by atoms with Crippen molar-refractivity contribution in [2.24, 2.45) is 5.92 Å². The molecule has 1 saturated heterocycles. The minimum absolute atomic E-state index is 0.153. The van der Waals surface area contributed by atoms with E-state index in [1.165, 1.54) is 11.1 Å². The molecule has 1 aromatic rings. The molecule has 0 bridgehead atoms. The summed E-state index contributed by atoms with van der Waals surface area (Å²) in [6, 6.07) is 8.66. The molecule has 1 fully saturated rings. The van der Waals surface area contributed by atoms with Crippen molar-refractivity contribution < 1.29 is 4.79 Å². The molecule has 0 saturated carbocycles. The first-order valence-electron chi connectivity index (χ1n) is 5.88. The number of aldehydes is 1. The predicted octanol–water partition coefficient (Wildman–Crippen LogP) is 2.62.